The first-order valence-corrected chi connectivity index (χ1v) is 11.0. The fraction of sp³-hybridized carbons (Fsp3) is 0.136. The van der Waals surface area contributed by atoms with E-state index in [2.05, 4.69) is 10.0 Å². The van der Waals surface area contributed by atoms with Crippen LogP contribution in [0.15, 0.2) is 71.6 Å². The molecule has 0 spiro atoms. The van der Waals surface area contributed by atoms with Crippen LogP contribution in [0.4, 0.5) is 11.4 Å². The fourth-order valence-electron chi connectivity index (χ4n) is 2.74. The van der Waals surface area contributed by atoms with Crippen LogP contribution in [0.25, 0.3) is 0 Å². The molecule has 0 saturated carbocycles. The average molecular weight is 445 g/mol. The Morgan fingerprint density at radius 3 is 2.43 bits per heavy atom. The SMILES string of the molecule is Cc1cc(S(=O)(=O)Nc2ccccc2)ccc1OCC(=O)Nc1cccc(Cl)c1C. The monoisotopic (exact) mass is 444 g/mol. The van der Waals surface area contributed by atoms with Crippen molar-refractivity contribution in [3.63, 3.8) is 0 Å². The van der Waals surface area contributed by atoms with Crippen molar-refractivity contribution in [2.45, 2.75) is 18.7 Å². The van der Waals surface area contributed by atoms with Gasteiger partial charge in [0.05, 0.1) is 4.90 Å². The molecular formula is C22H21ClN2O4S. The van der Waals surface area contributed by atoms with Crippen molar-refractivity contribution in [1.82, 2.24) is 0 Å². The van der Waals surface area contributed by atoms with Crippen LogP contribution >= 0.6 is 11.6 Å². The summed E-state index contributed by atoms with van der Waals surface area (Å²) in [4.78, 5) is 12.3. The zero-order valence-electron chi connectivity index (χ0n) is 16.5. The van der Waals surface area contributed by atoms with Crippen LogP contribution in [0.5, 0.6) is 5.75 Å². The maximum absolute atomic E-state index is 12.6. The van der Waals surface area contributed by atoms with Crippen LogP contribution in [0.2, 0.25) is 5.02 Å². The van der Waals surface area contributed by atoms with Crippen molar-refractivity contribution in [2.75, 3.05) is 16.6 Å². The summed E-state index contributed by atoms with van der Waals surface area (Å²) in [7, 11) is -3.73. The number of nitrogens with one attached hydrogen (secondary N) is 2. The Hall–Kier alpha value is -3.03. The lowest BCUT2D eigenvalue weighted by Crippen LogP contribution is -2.21. The van der Waals surface area contributed by atoms with E-state index in [-0.39, 0.29) is 17.4 Å². The summed E-state index contributed by atoms with van der Waals surface area (Å²) in [5.41, 5.74) is 2.45. The summed E-state index contributed by atoms with van der Waals surface area (Å²) in [6.07, 6.45) is 0. The van der Waals surface area contributed by atoms with Gasteiger partial charge in [-0.15, -0.1) is 0 Å². The third-order valence-electron chi connectivity index (χ3n) is 4.38. The zero-order chi connectivity index (χ0) is 21.7. The van der Waals surface area contributed by atoms with Gasteiger partial charge in [0.1, 0.15) is 5.75 Å². The molecule has 0 atom stereocenters. The Morgan fingerprint density at radius 2 is 1.73 bits per heavy atom. The summed E-state index contributed by atoms with van der Waals surface area (Å²) in [5, 5.41) is 3.31. The van der Waals surface area contributed by atoms with E-state index in [1.807, 2.05) is 6.92 Å². The van der Waals surface area contributed by atoms with Crippen molar-refractivity contribution in [3.8, 4) is 5.75 Å². The zero-order valence-corrected chi connectivity index (χ0v) is 18.0. The lowest BCUT2D eigenvalue weighted by molar-refractivity contribution is -0.118. The minimum atomic E-state index is -3.73. The smallest absolute Gasteiger partial charge is 0.262 e. The quantitative estimate of drug-likeness (QED) is 0.549. The van der Waals surface area contributed by atoms with Gasteiger partial charge in [-0.05, 0) is 67.4 Å². The molecule has 8 heteroatoms. The number of anilines is 2. The van der Waals surface area contributed by atoms with Crippen LogP contribution in [-0.4, -0.2) is 20.9 Å². The van der Waals surface area contributed by atoms with Crippen LogP contribution in [0, 0.1) is 13.8 Å². The Morgan fingerprint density at radius 1 is 1.00 bits per heavy atom. The highest BCUT2D eigenvalue weighted by atomic mass is 35.5. The lowest BCUT2D eigenvalue weighted by Gasteiger charge is -2.13. The summed E-state index contributed by atoms with van der Waals surface area (Å²) < 4.78 is 33.2. The number of aryl methyl sites for hydroxylation is 1. The van der Waals surface area contributed by atoms with Crippen molar-refractivity contribution >= 4 is 38.9 Å². The molecule has 6 nitrogen and oxygen atoms in total. The number of para-hydroxylation sites is 1. The molecule has 0 aliphatic carbocycles. The normalized spacial score (nSPS) is 11.0. The number of carbonyl (C=O) groups is 1. The predicted molar refractivity (Wildman–Crippen MR) is 119 cm³/mol. The fourth-order valence-corrected chi connectivity index (χ4v) is 4.06. The topological polar surface area (TPSA) is 84.5 Å². The number of rotatable bonds is 7. The van der Waals surface area contributed by atoms with Crippen LogP contribution in [0.1, 0.15) is 11.1 Å². The summed E-state index contributed by atoms with van der Waals surface area (Å²) >= 11 is 6.06. The Bertz CT molecular complexity index is 1170. The molecule has 0 aliphatic rings. The molecule has 0 heterocycles. The second-order valence-electron chi connectivity index (χ2n) is 6.65. The highest BCUT2D eigenvalue weighted by Crippen LogP contribution is 2.25. The number of ether oxygens (including phenoxy) is 1. The van der Waals surface area contributed by atoms with Crippen LogP contribution in [-0.2, 0) is 14.8 Å². The van der Waals surface area contributed by atoms with Gasteiger partial charge in [0.2, 0.25) is 0 Å². The van der Waals surface area contributed by atoms with Gasteiger partial charge < -0.3 is 10.1 Å². The maximum atomic E-state index is 12.6. The van der Waals surface area contributed by atoms with Gasteiger partial charge in [-0.25, -0.2) is 8.42 Å². The molecule has 3 aromatic rings. The molecule has 156 valence electrons. The minimum absolute atomic E-state index is 0.107. The van der Waals surface area contributed by atoms with Gasteiger partial charge >= 0.3 is 0 Å². The third-order valence-corrected chi connectivity index (χ3v) is 6.17. The average Bonchev–Trinajstić information content (AvgIpc) is 2.71. The molecule has 0 unspecified atom stereocenters. The van der Waals surface area contributed by atoms with Gasteiger partial charge in [-0.3, -0.25) is 9.52 Å². The number of hydrogen-bond acceptors (Lipinski definition) is 4. The molecule has 0 saturated heterocycles. The summed E-state index contributed by atoms with van der Waals surface area (Å²) in [6, 6.07) is 18.4. The highest BCUT2D eigenvalue weighted by molar-refractivity contribution is 7.92. The molecule has 3 rings (SSSR count). The van der Waals surface area contributed by atoms with E-state index in [0.29, 0.717) is 27.7 Å². The molecule has 3 aromatic carbocycles. The van der Waals surface area contributed by atoms with E-state index < -0.39 is 10.0 Å². The van der Waals surface area contributed by atoms with E-state index in [9.17, 15) is 13.2 Å². The van der Waals surface area contributed by atoms with Gasteiger partial charge in [-0.1, -0.05) is 35.9 Å². The van der Waals surface area contributed by atoms with Crippen LogP contribution in [0.3, 0.4) is 0 Å². The van der Waals surface area contributed by atoms with Crippen LogP contribution < -0.4 is 14.8 Å². The number of amides is 1. The molecular weight excluding hydrogens is 424 g/mol. The molecule has 2 N–H and O–H groups in total. The Labute approximate surface area is 180 Å². The first kappa shape index (κ1) is 21.7. The van der Waals surface area contributed by atoms with Crippen molar-refractivity contribution in [2.24, 2.45) is 0 Å². The molecule has 0 radical (unpaired) electrons. The van der Waals surface area contributed by atoms with Gasteiger partial charge in [0.15, 0.2) is 6.61 Å². The summed E-state index contributed by atoms with van der Waals surface area (Å²) in [6.45, 7) is 3.31. The predicted octanol–water partition coefficient (Wildman–Crippen LogP) is 4.78. The van der Waals surface area contributed by atoms with E-state index in [0.717, 1.165) is 5.56 Å². The van der Waals surface area contributed by atoms with Crippen molar-refractivity contribution in [3.05, 3.63) is 82.9 Å². The highest BCUT2D eigenvalue weighted by Gasteiger charge is 2.16. The molecule has 1 amide bonds. The Balaban J connectivity index is 1.65. The van der Waals surface area contributed by atoms with E-state index >= 15 is 0 Å². The standard InChI is InChI=1S/C22H21ClN2O4S/c1-15-13-18(30(27,28)25-17-7-4-3-5-8-17)11-12-21(15)29-14-22(26)24-20-10-6-9-19(23)16(20)2/h3-13,25H,14H2,1-2H3,(H,24,26). The number of benzene rings is 3. The van der Waals surface area contributed by atoms with Gasteiger partial charge in [0, 0.05) is 16.4 Å². The van der Waals surface area contributed by atoms with Gasteiger partial charge in [0.25, 0.3) is 15.9 Å². The first-order chi connectivity index (χ1) is 14.3. The molecule has 0 aromatic heterocycles. The third kappa shape index (κ3) is 5.31. The summed E-state index contributed by atoms with van der Waals surface area (Å²) in [5.74, 6) is 0.0776. The molecule has 0 bridgehead atoms. The molecule has 0 fully saturated rings. The van der Waals surface area contributed by atoms with Crippen molar-refractivity contribution < 1.29 is 17.9 Å². The molecule has 0 aliphatic heterocycles. The Kier molecular flexibility index (Phi) is 6.64. The van der Waals surface area contributed by atoms with E-state index in [1.165, 1.54) is 18.2 Å². The van der Waals surface area contributed by atoms with Gasteiger partial charge in [-0.2, -0.15) is 0 Å². The number of sulfonamides is 1. The second kappa shape index (κ2) is 9.19. The maximum Gasteiger partial charge on any atom is 0.262 e. The van der Waals surface area contributed by atoms with E-state index in [4.69, 9.17) is 16.3 Å². The lowest BCUT2D eigenvalue weighted by atomic mass is 10.2. The number of halogens is 1. The molecule has 30 heavy (non-hydrogen) atoms. The van der Waals surface area contributed by atoms with Crippen molar-refractivity contribution in [1.29, 1.82) is 0 Å². The second-order valence-corrected chi connectivity index (χ2v) is 8.74. The minimum Gasteiger partial charge on any atom is -0.483 e. The first-order valence-electron chi connectivity index (χ1n) is 9.12. The number of hydrogen-bond donors (Lipinski definition) is 2. The van der Waals surface area contributed by atoms with E-state index in [1.54, 1.807) is 55.5 Å². The largest absolute Gasteiger partial charge is 0.483 e. The number of carbonyl (C=O) groups excluding carboxylic acids is 1.